The first-order chi connectivity index (χ1) is 15.4. The summed E-state index contributed by atoms with van der Waals surface area (Å²) in [6, 6.07) is 12.1. The molecule has 0 unspecified atom stereocenters. The number of ether oxygens (including phenoxy) is 1. The number of nitrogens with zero attached hydrogens (tertiary/aromatic N) is 2. The van der Waals surface area contributed by atoms with Crippen LogP contribution in [0.2, 0.25) is 0 Å². The average molecular weight is 479 g/mol. The van der Waals surface area contributed by atoms with Crippen molar-refractivity contribution < 1.29 is 26.7 Å². The Hall–Kier alpha value is -2.66. The van der Waals surface area contributed by atoms with Crippen LogP contribution in [-0.2, 0) is 21.3 Å². The van der Waals surface area contributed by atoms with Crippen molar-refractivity contribution in [2.24, 2.45) is 0 Å². The van der Waals surface area contributed by atoms with Crippen LogP contribution in [0.25, 0.3) is 0 Å². The van der Waals surface area contributed by atoms with Crippen molar-refractivity contribution >= 4 is 33.0 Å². The Morgan fingerprint density at radius 2 is 1.78 bits per heavy atom. The van der Waals surface area contributed by atoms with E-state index in [1.807, 2.05) is 17.5 Å². The number of halogens is 2. The molecule has 168 valence electrons. The van der Waals surface area contributed by atoms with Crippen LogP contribution in [0, 0.1) is 11.6 Å². The van der Waals surface area contributed by atoms with Gasteiger partial charge in [0, 0.05) is 23.7 Å². The van der Waals surface area contributed by atoms with Gasteiger partial charge in [-0.3, -0.25) is 4.79 Å². The molecule has 1 aliphatic rings. The Bertz CT molecular complexity index is 1190. The molecular weight excluding hydrogens is 458 g/mol. The van der Waals surface area contributed by atoms with Gasteiger partial charge in [-0.15, -0.1) is 11.3 Å². The van der Waals surface area contributed by atoms with Crippen molar-refractivity contribution in [3.63, 3.8) is 0 Å². The second kappa shape index (κ2) is 9.45. The average Bonchev–Trinajstić information content (AvgIpc) is 3.32. The van der Waals surface area contributed by atoms with Crippen molar-refractivity contribution in [2.45, 2.75) is 11.4 Å². The van der Waals surface area contributed by atoms with E-state index in [2.05, 4.69) is 0 Å². The molecule has 2 aromatic carbocycles. The summed E-state index contributed by atoms with van der Waals surface area (Å²) >= 11 is 1.42. The highest BCUT2D eigenvalue weighted by molar-refractivity contribution is 7.89. The van der Waals surface area contributed by atoms with E-state index in [-0.39, 0.29) is 43.3 Å². The molecular formula is C22H20F2N2O4S2. The summed E-state index contributed by atoms with van der Waals surface area (Å²) in [5.41, 5.74) is -0.00847. The highest BCUT2D eigenvalue weighted by Gasteiger charge is 2.29. The van der Waals surface area contributed by atoms with Crippen molar-refractivity contribution in [1.29, 1.82) is 0 Å². The molecule has 0 atom stereocenters. The van der Waals surface area contributed by atoms with Crippen LogP contribution in [0.1, 0.15) is 15.2 Å². The third kappa shape index (κ3) is 4.73. The third-order valence-corrected chi connectivity index (χ3v) is 7.81. The smallest absolute Gasteiger partial charge is 0.261 e. The molecule has 1 saturated heterocycles. The van der Waals surface area contributed by atoms with Crippen LogP contribution in [0.15, 0.2) is 64.9 Å². The fourth-order valence-electron chi connectivity index (χ4n) is 3.37. The lowest BCUT2D eigenvalue weighted by Gasteiger charge is -2.26. The van der Waals surface area contributed by atoms with Crippen LogP contribution in [0.3, 0.4) is 0 Å². The maximum absolute atomic E-state index is 14.7. The van der Waals surface area contributed by atoms with Crippen molar-refractivity contribution in [2.75, 3.05) is 31.2 Å². The Morgan fingerprint density at radius 1 is 1.06 bits per heavy atom. The number of sulfonamides is 1. The molecule has 0 bridgehead atoms. The highest BCUT2D eigenvalue weighted by atomic mass is 32.2. The van der Waals surface area contributed by atoms with Crippen LogP contribution >= 0.6 is 11.3 Å². The molecule has 0 spiro atoms. The first-order valence-corrected chi connectivity index (χ1v) is 12.2. The zero-order chi connectivity index (χ0) is 22.7. The standard InChI is InChI=1S/C22H20F2N2O4S2/c23-16-3-5-17(6-4-16)26(15-18-2-1-13-31-18)22(27)20-14-19(7-8-21(20)24)32(28,29)25-9-11-30-12-10-25/h1-8,13-14H,9-12,15H2. The predicted molar refractivity (Wildman–Crippen MR) is 117 cm³/mol. The second-order valence-corrected chi connectivity index (χ2v) is 10.1. The Kier molecular flexibility index (Phi) is 6.66. The number of carbonyl (C=O) groups is 1. The van der Waals surface area contributed by atoms with Crippen LogP contribution in [-0.4, -0.2) is 44.9 Å². The number of carbonyl (C=O) groups excluding carboxylic acids is 1. The van der Waals surface area contributed by atoms with Crippen LogP contribution in [0.5, 0.6) is 0 Å². The molecule has 0 N–H and O–H groups in total. The quantitative estimate of drug-likeness (QED) is 0.539. The number of rotatable bonds is 6. The van der Waals surface area contributed by atoms with E-state index in [1.165, 1.54) is 44.8 Å². The Balaban J connectivity index is 1.71. The van der Waals surface area contributed by atoms with Gasteiger partial charge < -0.3 is 9.64 Å². The number of benzene rings is 2. The van der Waals surface area contributed by atoms with Crippen LogP contribution < -0.4 is 4.90 Å². The topological polar surface area (TPSA) is 66.9 Å². The van der Waals surface area contributed by atoms with Crippen LogP contribution in [0.4, 0.5) is 14.5 Å². The van der Waals surface area contributed by atoms with Gasteiger partial charge in [-0.25, -0.2) is 17.2 Å². The van der Waals surface area contributed by atoms with E-state index < -0.39 is 27.6 Å². The summed E-state index contributed by atoms with van der Waals surface area (Å²) in [6.07, 6.45) is 0. The van der Waals surface area contributed by atoms with E-state index in [0.29, 0.717) is 5.69 Å². The van der Waals surface area contributed by atoms with Crippen molar-refractivity contribution in [1.82, 2.24) is 4.31 Å². The molecule has 0 saturated carbocycles. The lowest BCUT2D eigenvalue weighted by Crippen LogP contribution is -2.40. The maximum atomic E-state index is 14.7. The molecule has 3 aromatic rings. The first kappa shape index (κ1) is 22.5. The molecule has 1 aliphatic heterocycles. The number of hydrogen-bond acceptors (Lipinski definition) is 5. The van der Waals surface area contributed by atoms with E-state index >= 15 is 0 Å². The monoisotopic (exact) mass is 478 g/mol. The fourth-order valence-corrected chi connectivity index (χ4v) is 5.50. The zero-order valence-electron chi connectivity index (χ0n) is 16.9. The molecule has 0 aliphatic carbocycles. The second-order valence-electron chi connectivity index (χ2n) is 7.11. The molecule has 1 amide bonds. The van der Waals surface area contributed by atoms with Gasteiger partial charge in [-0.2, -0.15) is 4.31 Å². The SMILES string of the molecule is O=C(c1cc(S(=O)(=O)N2CCOCC2)ccc1F)N(Cc1cccs1)c1ccc(F)cc1. The van der Waals surface area contributed by atoms with Gasteiger partial charge in [0.15, 0.2) is 0 Å². The van der Waals surface area contributed by atoms with Gasteiger partial charge >= 0.3 is 0 Å². The number of thiophene rings is 1. The molecule has 1 fully saturated rings. The first-order valence-electron chi connectivity index (χ1n) is 9.83. The molecule has 4 rings (SSSR count). The zero-order valence-corrected chi connectivity index (χ0v) is 18.5. The molecule has 10 heteroatoms. The molecule has 32 heavy (non-hydrogen) atoms. The van der Waals surface area contributed by atoms with Gasteiger partial charge in [0.1, 0.15) is 11.6 Å². The van der Waals surface area contributed by atoms with Gasteiger partial charge in [-0.05, 0) is 53.9 Å². The molecule has 0 radical (unpaired) electrons. The molecule has 1 aromatic heterocycles. The summed E-state index contributed by atoms with van der Waals surface area (Å²) in [5.74, 6) is -2.03. The minimum atomic E-state index is -3.91. The van der Waals surface area contributed by atoms with Gasteiger partial charge in [0.25, 0.3) is 5.91 Å². The van der Waals surface area contributed by atoms with Crippen molar-refractivity contribution in [3.05, 3.63) is 82.1 Å². The number of amides is 1. The summed E-state index contributed by atoms with van der Waals surface area (Å²) in [6.45, 7) is 1.03. The van der Waals surface area contributed by atoms with Gasteiger partial charge in [0.2, 0.25) is 10.0 Å². The van der Waals surface area contributed by atoms with Gasteiger partial charge in [0.05, 0.1) is 30.2 Å². The number of morpholine rings is 1. The van der Waals surface area contributed by atoms with E-state index in [9.17, 15) is 22.0 Å². The minimum absolute atomic E-state index is 0.127. The Morgan fingerprint density at radius 3 is 2.44 bits per heavy atom. The fraction of sp³-hybridized carbons (Fsp3) is 0.227. The number of anilines is 1. The Labute approximate surface area is 188 Å². The largest absolute Gasteiger partial charge is 0.379 e. The summed E-state index contributed by atoms with van der Waals surface area (Å²) in [7, 11) is -3.91. The summed E-state index contributed by atoms with van der Waals surface area (Å²) < 4.78 is 60.6. The molecule has 6 nitrogen and oxygen atoms in total. The summed E-state index contributed by atoms with van der Waals surface area (Å²) in [4.78, 5) is 15.4. The highest BCUT2D eigenvalue weighted by Crippen LogP contribution is 2.26. The van der Waals surface area contributed by atoms with Gasteiger partial charge in [-0.1, -0.05) is 6.07 Å². The lowest BCUT2D eigenvalue weighted by atomic mass is 10.1. The van der Waals surface area contributed by atoms with Crippen molar-refractivity contribution in [3.8, 4) is 0 Å². The minimum Gasteiger partial charge on any atom is -0.379 e. The summed E-state index contributed by atoms with van der Waals surface area (Å²) in [5, 5.41) is 1.85. The number of hydrogen-bond donors (Lipinski definition) is 0. The lowest BCUT2D eigenvalue weighted by molar-refractivity contribution is 0.0730. The van der Waals surface area contributed by atoms with E-state index in [1.54, 1.807) is 0 Å². The normalized spacial score (nSPS) is 14.9. The third-order valence-electron chi connectivity index (χ3n) is 5.05. The van der Waals surface area contributed by atoms with E-state index in [4.69, 9.17) is 4.74 Å². The predicted octanol–water partition coefficient (Wildman–Crippen LogP) is 3.89. The maximum Gasteiger partial charge on any atom is 0.261 e. The van der Waals surface area contributed by atoms with E-state index in [0.717, 1.165) is 23.1 Å². The molecule has 2 heterocycles.